The number of aryl methyl sites for hydroxylation is 2. The second kappa shape index (κ2) is 8.71. The predicted octanol–water partition coefficient (Wildman–Crippen LogP) is 4.62. The fraction of sp³-hybridized carbons (Fsp3) is 0.208. The third kappa shape index (κ3) is 4.54. The number of hydrogen-bond donors (Lipinski definition) is 1. The lowest BCUT2D eigenvalue weighted by Gasteiger charge is -2.22. The van der Waals surface area contributed by atoms with Gasteiger partial charge in [0.1, 0.15) is 0 Å². The molecule has 30 heavy (non-hydrogen) atoms. The molecule has 3 aromatic carbocycles. The lowest BCUT2D eigenvalue weighted by atomic mass is 10.1. The summed E-state index contributed by atoms with van der Waals surface area (Å²) >= 11 is 0. The zero-order valence-electron chi connectivity index (χ0n) is 17.6. The standard InChI is InChI=1S/C24H26N2O3S/c1-17-10-13-22(14-11-17)30(28,29)26(4)23-15-12-21(16-18(23)2)24(27)25-19(3)20-8-6-5-7-9-20/h5-16,19H,1-4H3,(H,25,27). The van der Waals surface area contributed by atoms with Gasteiger partial charge >= 0.3 is 0 Å². The zero-order valence-corrected chi connectivity index (χ0v) is 18.4. The lowest BCUT2D eigenvalue weighted by Crippen LogP contribution is -2.28. The first-order valence-electron chi connectivity index (χ1n) is 9.72. The Balaban J connectivity index is 1.80. The lowest BCUT2D eigenvalue weighted by molar-refractivity contribution is 0.0940. The predicted molar refractivity (Wildman–Crippen MR) is 120 cm³/mol. The summed E-state index contributed by atoms with van der Waals surface area (Å²) in [5.41, 5.74) is 3.73. The molecule has 0 fully saturated rings. The van der Waals surface area contributed by atoms with Gasteiger partial charge < -0.3 is 5.32 Å². The third-order valence-corrected chi connectivity index (χ3v) is 6.91. The normalized spacial score (nSPS) is 12.3. The maximum absolute atomic E-state index is 13.0. The van der Waals surface area contributed by atoms with E-state index in [4.69, 9.17) is 0 Å². The molecule has 0 aliphatic rings. The number of nitrogens with zero attached hydrogens (tertiary/aromatic N) is 1. The monoisotopic (exact) mass is 422 g/mol. The summed E-state index contributed by atoms with van der Waals surface area (Å²) in [6, 6.07) is 21.4. The highest BCUT2D eigenvalue weighted by Gasteiger charge is 2.23. The summed E-state index contributed by atoms with van der Waals surface area (Å²) in [6.07, 6.45) is 0. The van der Waals surface area contributed by atoms with Crippen molar-refractivity contribution < 1.29 is 13.2 Å². The number of rotatable bonds is 6. The van der Waals surface area contributed by atoms with E-state index in [1.54, 1.807) is 49.4 Å². The minimum absolute atomic E-state index is 0.136. The highest BCUT2D eigenvalue weighted by Crippen LogP contribution is 2.26. The maximum atomic E-state index is 13.0. The molecule has 1 unspecified atom stereocenters. The van der Waals surface area contributed by atoms with Crippen LogP contribution in [-0.4, -0.2) is 21.4 Å². The smallest absolute Gasteiger partial charge is 0.264 e. The molecule has 0 aliphatic heterocycles. The molecule has 0 heterocycles. The van der Waals surface area contributed by atoms with Gasteiger partial charge in [0.25, 0.3) is 15.9 Å². The Morgan fingerprint density at radius 2 is 1.57 bits per heavy atom. The number of benzene rings is 3. The summed E-state index contributed by atoms with van der Waals surface area (Å²) < 4.78 is 27.2. The van der Waals surface area contributed by atoms with Crippen LogP contribution in [0.3, 0.4) is 0 Å². The molecule has 6 heteroatoms. The first-order chi connectivity index (χ1) is 14.2. The van der Waals surface area contributed by atoms with E-state index in [9.17, 15) is 13.2 Å². The fourth-order valence-electron chi connectivity index (χ4n) is 3.25. The van der Waals surface area contributed by atoms with Gasteiger partial charge in [0, 0.05) is 12.6 Å². The molecule has 1 N–H and O–H groups in total. The van der Waals surface area contributed by atoms with E-state index in [2.05, 4.69) is 5.32 Å². The Labute approximate surface area is 178 Å². The topological polar surface area (TPSA) is 66.5 Å². The second-order valence-corrected chi connectivity index (χ2v) is 9.36. The van der Waals surface area contributed by atoms with E-state index in [0.29, 0.717) is 16.8 Å². The van der Waals surface area contributed by atoms with E-state index < -0.39 is 10.0 Å². The molecule has 0 bridgehead atoms. The molecule has 0 aliphatic carbocycles. The Bertz CT molecular complexity index is 1140. The van der Waals surface area contributed by atoms with Gasteiger partial charge in [-0.25, -0.2) is 8.42 Å². The number of anilines is 1. The van der Waals surface area contributed by atoms with E-state index in [1.165, 1.54) is 11.4 Å². The van der Waals surface area contributed by atoms with E-state index in [0.717, 1.165) is 11.1 Å². The van der Waals surface area contributed by atoms with Crippen LogP contribution < -0.4 is 9.62 Å². The molecule has 0 saturated carbocycles. The van der Waals surface area contributed by atoms with E-state index in [1.807, 2.05) is 44.2 Å². The van der Waals surface area contributed by atoms with Crippen LogP contribution in [0.1, 0.15) is 40.0 Å². The first-order valence-corrected chi connectivity index (χ1v) is 11.2. The number of carbonyl (C=O) groups excluding carboxylic acids is 1. The van der Waals surface area contributed by atoms with Crippen LogP contribution >= 0.6 is 0 Å². The molecule has 3 aromatic rings. The summed E-state index contributed by atoms with van der Waals surface area (Å²) in [4.78, 5) is 12.9. The minimum Gasteiger partial charge on any atom is -0.346 e. The van der Waals surface area contributed by atoms with E-state index in [-0.39, 0.29) is 16.8 Å². The summed E-state index contributed by atoms with van der Waals surface area (Å²) in [7, 11) is -2.16. The van der Waals surface area contributed by atoms with Crippen LogP contribution in [0.15, 0.2) is 77.7 Å². The van der Waals surface area contributed by atoms with Crippen molar-refractivity contribution in [2.24, 2.45) is 0 Å². The quantitative estimate of drug-likeness (QED) is 0.630. The van der Waals surface area contributed by atoms with Crippen molar-refractivity contribution in [2.45, 2.75) is 31.7 Å². The maximum Gasteiger partial charge on any atom is 0.264 e. The van der Waals surface area contributed by atoms with Crippen LogP contribution in [0.25, 0.3) is 0 Å². The van der Waals surface area contributed by atoms with Crippen LogP contribution in [0.5, 0.6) is 0 Å². The summed E-state index contributed by atoms with van der Waals surface area (Å²) in [5, 5.41) is 2.98. The minimum atomic E-state index is -3.69. The fourth-order valence-corrected chi connectivity index (χ4v) is 4.51. The van der Waals surface area contributed by atoms with Crippen molar-refractivity contribution in [1.29, 1.82) is 0 Å². The van der Waals surface area contributed by atoms with Gasteiger partial charge in [-0.1, -0.05) is 48.0 Å². The number of carbonyl (C=O) groups is 1. The number of amides is 1. The zero-order chi connectivity index (χ0) is 21.9. The summed E-state index contributed by atoms with van der Waals surface area (Å²) in [6.45, 7) is 5.64. The molecule has 0 spiro atoms. The second-order valence-electron chi connectivity index (χ2n) is 7.39. The van der Waals surface area contributed by atoms with Gasteiger partial charge in [0.05, 0.1) is 16.6 Å². The largest absolute Gasteiger partial charge is 0.346 e. The number of sulfonamides is 1. The number of hydrogen-bond acceptors (Lipinski definition) is 3. The van der Waals surface area contributed by atoms with Gasteiger partial charge in [-0.05, 0) is 62.2 Å². The van der Waals surface area contributed by atoms with Gasteiger partial charge in [0.2, 0.25) is 0 Å². The van der Waals surface area contributed by atoms with Gasteiger partial charge in [-0.3, -0.25) is 9.10 Å². The van der Waals surface area contributed by atoms with Gasteiger partial charge in [-0.2, -0.15) is 0 Å². The van der Waals surface area contributed by atoms with Gasteiger partial charge in [-0.15, -0.1) is 0 Å². The third-order valence-electron chi connectivity index (χ3n) is 5.12. The molecule has 1 atom stereocenters. The highest BCUT2D eigenvalue weighted by atomic mass is 32.2. The Kier molecular flexibility index (Phi) is 6.27. The SMILES string of the molecule is Cc1ccc(S(=O)(=O)N(C)c2ccc(C(=O)NC(C)c3ccccc3)cc2C)cc1. The molecule has 156 valence electrons. The highest BCUT2D eigenvalue weighted by molar-refractivity contribution is 7.92. The van der Waals surface area contributed by atoms with Crippen molar-refractivity contribution in [3.05, 3.63) is 95.1 Å². The molecule has 3 rings (SSSR count). The van der Waals surface area contributed by atoms with Crippen molar-refractivity contribution in [3.63, 3.8) is 0 Å². The van der Waals surface area contributed by atoms with E-state index >= 15 is 0 Å². The van der Waals surface area contributed by atoms with Crippen molar-refractivity contribution in [1.82, 2.24) is 5.32 Å². The number of nitrogens with one attached hydrogen (secondary N) is 1. The molecule has 5 nitrogen and oxygen atoms in total. The molecular weight excluding hydrogens is 396 g/mol. The van der Waals surface area contributed by atoms with Crippen molar-refractivity contribution in [3.8, 4) is 0 Å². The van der Waals surface area contributed by atoms with Crippen LogP contribution in [0.4, 0.5) is 5.69 Å². The van der Waals surface area contributed by atoms with Crippen LogP contribution in [0, 0.1) is 13.8 Å². The molecule has 0 saturated heterocycles. The Morgan fingerprint density at radius 3 is 2.17 bits per heavy atom. The molecule has 0 aromatic heterocycles. The van der Waals surface area contributed by atoms with Crippen molar-refractivity contribution in [2.75, 3.05) is 11.4 Å². The molecular formula is C24H26N2O3S. The first kappa shape index (κ1) is 21.6. The van der Waals surface area contributed by atoms with Gasteiger partial charge in [0.15, 0.2) is 0 Å². The van der Waals surface area contributed by atoms with Crippen molar-refractivity contribution >= 4 is 21.6 Å². The average molecular weight is 423 g/mol. The Morgan fingerprint density at radius 1 is 0.933 bits per heavy atom. The molecule has 0 radical (unpaired) electrons. The summed E-state index contributed by atoms with van der Waals surface area (Å²) in [5.74, 6) is -0.204. The Hall–Kier alpha value is -3.12. The van der Waals surface area contributed by atoms with Crippen LogP contribution in [0.2, 0.25) is 0 Å². The van der Waals surface area contributed by atoms with Crippen LogP contribution in [-0.2, 0) is 10.0 Å². The molecule has 1 amide bonds. The average Bonchev–Trinajstić information content (AvgIpc) is 2.74.